The standard InChI is InChI=1S/C35H49N7O4/c1-3-20-42-34(45)32-33(38-30(26-28-11-7-5-8-12-28)40(32)23-22-39(4-2)24-25-43)41(35(42)46)21-18-27-14-16-29(17-15-27)37-31(44)13-9-6-10-19-36/h5,7-8,11-12,14-17,43H,3-4,6,9-10,13,18-26,36H2,1-2H3,(H,37,44). The smallest absolute Gasteiger partial charge is 0.332 e. The largest absolute Gasteiger partial charge is 0.395 e. The van der Waals surface area contributed by atoms with E-state index in [4.69, 9.17) is 10.7 Å². The molecule has 46 heavy (non-hydrogen) atoms. The number of nitrogens with zero attached hydrogens (tertiary/aromatic N) is 5. The van der Waals surface area contributed by atoms with Crippen LogP contribution < -0.4 is 22.3 Å². The van der Waals surface area contributed by atoms with E-state index in [1.807, 2.05) is 73.0 Å². The van der Waals surface area contributed by atoms with Crippen LogP contribution in [0.4, 0.5) is 5.69 Å². The van der Waals surface area contributed by atoms with Crippen LogP contribution in [0.15, 0.2) is 64.2 Å². The molecule has 1 amide bonds. The molecule has 248 valence electrons. The molecule has 4 aromatic rings. The summed E-state index contributed by atoms with van der Waals surface area (Å²) in [5, 5.41) is 12.5. The van der Waals surface area contributed by atoms with Crippen LogP contribution in [0.25, 0.3) is 11.2 Å². The molecule has 0 fully saturated rings. The van der Waals surface area contributed by atoms with Gasteiger partial charge in [-0.1, -0.05) is 62.7 Å². The van der Waals surface area contributed by atoms with Crippen molar-refractivity contribution in [2.24, 2.45) is 5.73 Å². The van der Waals surface area contributed by atoms with E-state index in [1.165, 1.54) is 4.57 Å². The number of fused-ring (bicyclic) bond motifs is 1. The minimum Gasteiger partial charge on any atom is -0.395 e. The highest BCUT2D eigenvalue weighted by Gasteiger charge is 2.22. The fourth-order valence-electron chi connectivity index (χ4n) is 5.75. The normalized spacial score (nSPS) is 11.5. The molecule has 0 aliphatic heterocycles. The lowest BCUT2D eigenvalue weighted by molar-refractivity contribution is -0.116. The molecule has 11 heteroatoms. The molecular formula is C35H49N7O4. The Morgan fingerprint density at radius 1 is 0.891 bits per heavy atom. The first kappa shape index (κ1) is 34.8. The van der Waals surface area contributed by atoms with Crippen LogP contribution in [0.3, 0.4) is 0 Å². The molecule has 11 nitrogen and oxygen atoms in total. The molecule has 0 saturated heterocycles. The number of hydrogen-bond donors (Lipinski definition) is 3. The summed E-state index contributed by atoms with van der Waals surface area (Å²) >= 11 is 0. The summed E-state index contributed by atoms with van der Waals surface area (Å²) in [7, 11) is 0. The second-order valence-corrected chi connectivity index (χ2v) is 11.7. The number of anilines is 1. The van der Waals surface area contributed by atoms with Gasteiger partial charge in [-0.05, 0) is 62.0 Å². The van der Waals surface area contributed by atoms with E-state index >= 15 is 0 Å². The Labute approximate surface area is 270 Å². The van der Waals surface area contributed by atoms with Crippen molar-refractivity contribution in [3.63, 3.8) is 0 Å². The van der Waals surface area contributed by atoms with E-state index < -0.39 is 0 Å². The van der Waals surface area contributed by atoms with Gasteiger partial charge in [-0.25, -0.2) is 9.78 Å². The minimum absolute atomic E-state index is 0.0165. The van der Waals surface area contributed by atoms with Crippen molar-refractivity contribution in [2.45, 2.75) is 78.4 Å². The van der Waals surface area contributed by atoms with Gasteiger partial charge in [-0.15, -0.1) is 0 Å². The third-order valence-electron chi connectivity index (χ3n) is 8.32. The van der Waals surface area contributed by atoms with Gasteiger partial charge in [0.05, 0.1) is 6.61 Å². The summed E-state index contributed by atoms with van der Waals surface area (Å²) in [4.78, 5) is 47.1. The summed E-state index contributed by atoms with van der Waals surface area (Å²) < 4.78 is 4.95. The van der Waals surface area contributed by atoms with Gasteiger partial charge in [-0.2, -0.15) is 0 Å². The fraction of sp³-hybridized carbons (Fsp3) is 0.486. The lowest BCUT2D eigenvalue weighted by Gasteiger charge is -2.20. The third kappa shape index (κ3) is 9.02. The van der Waals surface area contributed by atoms with Crippen molar-refractivity contribution >= 4 is 22.8 Å². The highest BCUT2D eigenvalue weighted by Crippen LogP contribution is 2.18. The molecule has 2 heterocycles. The van der Waals surface area contributed by atoms with Gasteiger partial charge in [0.1, 0.15) is 5.82 Å². The first-order valence-corrected chi connectivity index (χ1v) is 16.6. The van der Waals surface area contributed by atoms with Gasteiger partial charge in [0.15, 0.2) is 11.2 Å². The van der Waals surface area contributed by atoms with Crippen LogP contribution in [0, 0.1) is 0 Å². The number of amides is 1. The Kier molecular flexibility index (Phi) is 13.3. The second-order valence-electron chi connectivity index (χ2n) is 11.7. The molecule has 4 rings (SSSR count). The molecule has 0 unspecified atom stereocenters. The van der Waals surface area contributed by atoms with Gasteiger partial charge < -0.3 is 20.7 Å². The zero-order chi connectivity index (χ0) is 32.9. The van der Waals surface area contributed by atoms with Crippen LogP contribution in [0.1, 0.15) is 62.9 Å². The number of aliphatic hydroxyl groups is 1. The second kappa shape index (κ2) is 17.6. The van der Waals surface area contributed by atoms with Gasteiger partial charge in [0, 0.05) is 51.3 Å². The summed E-state index contributed by atoms with van der Waals surface area (Å²) in [6.07, 6.45) is 4.85. The number of aryl methyl sites for hydroxylation is 2. The molecule has 0 radical (unpaired) electrons. The molecule has 0 spiro atoms. The Bertz CT molecular complexity index is 1660. The number of benzene rings is 2. The number of rotatable bonds is 19. The summed E-state index contributed by atoms with van der Waals surface area (Å²) in [5.74, 6) is 0.709. The number of unbranched alkanes of at least 4 members (excludes halogenated alkanes) is 2. The van der Waals surface area contributed by atoms with Gasteiger partial charge in [-0.3, -0.25) is 23.6 Å². The fourth-order valence-corrected chi connectivity index (χ4v) is 5.75. The lowest BCUT2D eigenvalue weighted by atomic mass is 10.1. The van der Waals surface area contributed by atoms with Gasteiger partial charge in [0.2, 0.25) is 5.91 Å². The predicted molar refractivity (Wildman–Crippen MR) is 183 cm³/mol. The first-order valence-electron chi connectivity index (χ1n) is 16.6. The van der Waals surface area contributed by atoms with E-state index in [1.54, 1.807) is 4.57 Å². The van der Waals surface area contributed by atoms with Crippen molar-refractivity contribution in [3.05, 3.63) is 92.4 Å². The summed E-state index contributed by atoms with van der Waals surface area (Å²) in [6, 6.07) is 17.6. The Hall–Kier alpha value is -4.06. The number of hydrogen-bond acceptors (Lipinski definition) is 7. The molecule has 0 aliphatic rings. The summed E-state index contributed by atoms with van der Waals surface area (Å²) in [6.45, 7) is 7.80. The Balaban J connectivity index is 1.65. The Morgan fingerprint density at radius 2 is 1.65 bits per heavy atom. The number of likely N-dealkylation sites (N-methyl/N-ethyl adjacent to an activating group) is 1. The zero-order valence-corrected chi connectivity index (χ0v) is 27.3. The number of carbonyl (C=O) groups excluding carboxylic acids is 1. The minimum atomic E-state index is -0.357. The maximum atomic E-state index is 13.9. The molecule has 0 atom stereocenters. The van der Waals surface area contributed by atoms with E-state index in [2.05, 4.69) is 10.2 Å². The van der Waals surface area contributed by atoms with Crippen molar-refractivity contribution in [3.8, 4) is 0 Å². The van der Waals surface area contributed by atoms with Crippen molar-refractivity contribution in [2.75, 3.05) is 38.1 Å². The Morgan fingerprint density at radius 3 is 2.33 bits per heavy atom. The van der Waals surface area contributed by atoms with Crippen molar-refractivity contribution in [1.29, 1.82) is 0 Å². The lowest BCUT2D eigenvalue weighted by Crippen LogP contribution is -2.41. The number of carbonyl (C=O) groups is 1. The average Bonchev–Trinajstić information content (AvgIpc) is 3.42. The first-order chi connectivity index (χ1) is 22.4. The van der Waals surface area contributed by atoms with Crippen molar-refractivity contribution < 1.29 is 9.90 Å². The summed E-state index contributed by atoms with van der Waals surface area (Å²) in [5.41, 5.74) is 8.48. The topological polar surface area (TPSA) is 140 Å². The van der Waals surface area contributed by atoms with E-state index in [0.717, 1.165) is 48.4 Å². The molecule has 0 bridgehead atoms. The van der Waals surface area contributed by atoms with Crippen LogP contribution in [0.2, 0.25) is 0 Å². The SMILES string of the molecule is CCCn1c(=O)c2c(nc(Cc3ccccc3)n2CCN(CC)CCO)n(CCc2ccc(NC(=O)CCCCCN)cc2)c1=O. The number of nitrogens with one attached hydrogen (secondary N) is 1. The molecule has 2 aromatic carbocycles. The predicted octanol–water partition coefficient (Wildman–Crippen LogP) is 3.38. The molecule has 4 N–H and O–H groups in total. The van der Waals surface area contributed by atoms with Crippen molar-refractivity contribution in [1.82, 2.24) is 23.6 Å². The number of nitrogens with two attached hydrogens (primary N) is 1. The number of aromatic nitrogens is 4. The molecule has 0 saturated carbocycles. The maximum Gasteiger partial charge on any atom is 0.332 e. The maximum absolute atomic E-state index is 13.9. The van der Waals surface area contributed by atoms with E-state index in [9.17, 15) is 19.5 Å². The van der Waals surface area contributed by atoms with Gasteiger partial charge in [0.25, 0.3) is 5.56 Å². The quantitative estimate of drug-likeness (QED) is 0.135. The van der Waals surface area contributed by atoms with Crippen LogP contribution >= 0.6 is 0 Å². The third-order valence-corrected chi connectivity index (χ3v) is 8.32. The molecular weight excluding hydrogens is 582 g/mol. The zero-order valence-electron chi connectivity index (χ0n) is 27.3. The van der Waals surface area contributed by atoms with Gasteiger partial charge >= 0.3 is 5.69 Å². The van der Waals surface area contributed by atoms with E-state index in [-0.39, 0.29) is 23.8 Å². The van der Waals surface area contributed by atoms with E-state index in [0.29, 0.717) is 76.1 Å². The highest BCUT2D eigenvalue weighted by atomic mass is 16.3. The monoisotopic (exact) mass is 631 g/mol. The van der Waals surface area contributed by atoms with Crippen LogP contribution in [0.5, 0.6) is 0 Å². The highest BCUT2D eigenvalue weighted by molar-refractivity contribution is 5.90. The molecule has 2 aromatic heterocycles. The molecule has 0 aliphatic carbocycles. The van der Waals surface area contributed by atoms with Crippen LogP contribution in [-0.4, -0.2) is 67.4 Å². The number of imidazole rings is 1. The average molecular weight is 632 g/mol. The van der Waals surface area contributed by atoms with Crippen LogP contribution in [-0.2, 0) is 37.3 Å². The number of aliphatic hydroxyl groups excluding tert-OH is 1.